The summed E-state index contributed by atoms with van der Waals surface area (Å²) in [5.74, 6) is 4.46. The minimum absolute atomic E-state index is 0.114. The molecule has 0 radical (unpaired) electrons. The summed E-state index contributed by atoms with van der Waals surface area (Å²) in [6.07, 6.45) is 0. The number of ether oxygens (including phenoxy) is 1. The number of aromatic nitrogens is 1. The van der Waals surface area contributed by atoms with Gasteiger partial charge in [-0.05, 0) is 18.2 Å². The van der Waals surface area contributed by atoms with Gasteiger partial charge in [0.2, 0.25) is 0 Å². The van der Waals surface area contributed by atoms with Crippen LogP contribution in [0.4, 0.5) is 4.39 Å². The van der Waals surface area contributed by atoms with Gasteiger partial charge in [-0.15, -0.1) is 0 Å². The SMILES string of the molecule is COc1cc(C(=O)NN)nc2ccc(F)cc12. The highest BCUT2D eigenvalue weighted by atomic mass is 19.1. The fourth-order valence-electron chi connectivity index (χ4n) is 1.53. The summed E-state index contributed by atoms with van der Waals surface area (Å²) in [5, 5.41) is 0.501. The van der Waals surface area contributed by atoms with Crippen molar-refractivity contribution in [3.8, 4) is 5.75 Å². The summed E-state index contributed by atoms with van der Waals surface area (Å²) >= 11 is 0. The van der Waals surface area contributed by atoms with Crippen molar-refractivity contribution in [3.63, 3.8) is 0 Å². The average Bonchev–Trinajstić information content (AvgIpc) is 2.36. The molecule has 1 heterocycles. The molecule has 1 aromatic heterocycles. The monoisotopic (exact) mass is 235 g/mol. The predicted molar refractivity (Wildman–Crippen MR) is 59.9 cm³/mol. The molecule has 3 N–H and O–H groups in total. The van der Waals surface area contributed by atoms with Gasteiger partial charge in [-0.3, -0.25) is 10.2 Å². The molecule has 0 bridgehead atoms. The third-order valence-corrected chi connectivity index (χ3v) is 2.32. The van der Waals surface area contributed by atoms with E-state index in [0.29, 0.717) is 16.7 Å². The van der Waals surface area contributed by atoms with Crippen LogP contribution in [0.3, 0.4) is 0 Å². The highest BCUT2D eigenvalue weighted by Crippen LogP contribution is 2.25. The van der Waals surface area contributed by atoms with Gasteiger partial charge in [0.1, 0.15) is 17.3 Å². The smallest absolute Gasteiger partial charge is 0.283 e. The number of rotatable bonds is 2. The third-order valence-electron chi connectivity index (χ3n) is 2.32. The number of carbonyl (C=O) groups is 1. The van der Waals surface area contributed by atoms with Gasteiger partial charge in [-0.2, -0.15) is 0 Å². The molecular weight excluding hydrogens is 225 g/mol. The number of pyridine rings is 1. The minimum Gasteiger partial charge on any atom is -0.496 e. The number of fused-ring (bicyclic) bond motifs is 1. The fourth-order valence-corrected chi connectivity index (χ4v) is 1.53. The number of carbonyl (C=O) groups excluding carboxylic acids is 1. The molecule has 2 aromatic rings. The van der Waals surface area contributed by atoms with E-state index in [-0.39, 0.29) is 5.69 Å². The van der Waals surface area contributed by atoms with Crippen molar-refractivity contribution in [1.82, 2.24) is 10.4 Å². The highest BCUT2D eigenvalue weighted by molar-refractivity contribution is 5.96. The van der Waals surface area contributed by atoms with Gasteiger partial charge in [0.05, 0.1) is 12.6 Å². The number of hydrazine groups is 1. The van der Waals surface area contributed by atoms with Crippen LogP contribution in [0.25, 0.3) is 10.9 Å². The Kier molecular flexibility index (Phi) is 2.88. The number of hydrogen-bond donors (Lipinski definition) is 2. The van der Waals surface area contributed by atoms with Crippen LogP contribution in [0.5, 0.6) is 5.75 Å². The van der Waals surface area contributed by atoms with Crippen LogP contribution in [0.2, 0.25) is 0 Å². The molecule has 0 fully saturated rings. The Hall–Kier alpha value is -2.21. The number of benzene rings is 1. The van der Waals surface area contributed by atoms with E-state index in [1.165, 1.54) is 31.4 Å². The second kappa shape index (κ2) is 4.34. The summed E-state index contributed by atoms with van der Waals surface area (Å²) in [6.45, 7) is 0. The van der Waals surface area contributed by atoms with Crippen LogP contribution in [0.15, 0.2) is 24.3 Å². The maximum Gasteiger partial charge on any atom is 0.283 e. The van der Waals surface area contributed by atoms with E-state index in [4.69, 9.17) is 10.6 Å². The Morgan fingerprint density at radius 3 is 2.88 bits per heavy atom. The average molecular weight is 235 g/mol. The lowest BCUT2D eigenvalue weighted by Crippen LogP contribution is -2.30. The maximum absolute atomic E-state index is 13.1. The normalized spacial score (nSPS) is 10.3. The molecule has 0 spiro atoms. The van der Waals surface area contributed by atoms with Crippen LogP contribution in [-0.4, -0.2) is 18.0 Å². The van der Waals surface area contributed by atoms with E-state index >= 15 is 0 Å². The Bertz CT molecular complexity index is 586. The van der Waals surface area contributed by atoms with Crippen molar-refractivity contribution in [2.45, 2.75) is 0 Å². The molecule has 17 heavy (non-hydrogen) atoms. The number of nitrogens with zero attached hydrogens (tertiary/aromatic N) is 1. The number of nitrogens with two attached hydrogens (primary N) is 1. The van der Waals surface area contributed by atoms with Crippen LogP contribution in [0, 0.1) is 5.82 Å². The first-order valence-electron chi connectivity index (χ1n) is 4.81. The van der Waals surface area contributed by atoms with Crippen molar-refractivity contribution >= 4 is 16.8 Å². The quantitative estimate of drug-likeness (QED) is 0.462. The minimum atomic E-state index is -0.533. The van der Waals surface area contributed by atoms with Gasteiger partial charge in [0, 0.05) is 11.5 Å². The first-order valence-corrected chi connectivity index (χ1v) is 4.81. The Labute approximate surface area is 96.4 Å². The van der Waals surface area contributed by atoms with Gasteiger partial charge < -0.3 is 4.74 Å². The van der Waals surface area contributed by atoms with E-state index in [0.717, 1.165) is 0 Å². The van der Waals surface area contributed by atoms with Crippen molar-refractivity contribution < 1.29 is 13.9 Å². The number of nitrogen functional groups attached to an aromatic ring is 1. The van der Waals surface area contributed by atoms with Crippen LogP contribution in [0.1, 0.15) is 10.5 Å². The number of halogens is 1. The van der Waals surface area contributed by atoms with Gasteiger partial charge in [0.25, 0.3) is 5.91 Å². The Morgan fingerprint density at radius 2 is 2.24 bits per heavy atom. The summed E-state index contributed by atoms with van der Waals surface area (Å²) in [4.78, 5) is 15.4. The molecule has 0 saturated carbocycles. The van der Waals surface area contributed by atoms with Crippen LogP contribution >= 0.6 is 0 Å². The number of hydrogen-bond acceptors (Lipinski definition) is 4. The van der Waals surface area contributed by atoms with E-state index in [2.05, 4.69) is 4.98 Å². The highest BCUT2D eigenvalue weighted by Gasteiger charge is 2.11. The third kappa shape index (κ3) is 2.02. The molecular formula is C11H10FN3O2. The second-order valence-electron chi connectivity index (χ2n) is 3.34. The van der Waals surface area contributed by atoms with E-state index in [1.54, 1.807) is 0 Å². The van der Waals surface area contributed by atoms with Crippen LogP contribution < -0.4 is 16.0 Å². The zero-order chi connectivity index (χ0) is 12.4. The zero-order valence-corrected chi connectivity index (χ0v) is 9.03. The zero-order valence-electron chi connectivity index (χ0n) is 9.03. The van der Waals surface area contributed by atoms with Crippen LogP contribution in [-0.2, 0) is 0 Å². The van der Waals surface area contributed by atoms with Gasteiger partial charge in [-0.25, -0.2) is 15.2 Å². The summed E-state index contributed by atoms with van der Waals surface area (Å²) in [5.41, 5.74) is 2.55. The van der Waals surface area contributed by atoms with E-state index in [9.17, 15) is 9.18 Å². The first kappa shape index (κ1) is 11.3. The molecule has 0 aliphatic heterocycles. The maximum atomic E-state index is 13.1. The number of methoxy groups -OCH3 is 1. The number of amides is 1. The molecule has 1 aromatic carbocycles. The number of nitrogens with one attached hydrogen (secondary N) is 1. The van der Waals surface area contributed by atoms with Crippen molar-refractivity contribution in [2.75, 3.05) is 7.11 Å². The molecule has 6 heteroatoms. The summed E-state index contributed by atoms with van der Waals surface area (Å²) in [7, 11) is 1.43. The topological polar surface area (TPSA) is 77.2 Å². The summed E-state index contributed by atoms with van der Waals surface area (Å²) < 4.78 is 18.2. The molecule has 0 atom stereocenters. The molecule has 1 amide bonds. The first-order chi connectivity index (χ1) is 8.15. The lowest BCUT2D eigenvalue weighted by molar-refractivity contribution is 0.0948. The van der Waals surface area contributed by atoms with E-state index < -0.39 is 11.7 Å². The van der Waals surface area contributed by atoms with Crippen molar-refractivity contribution in [3.05, 3.63) is 35.8 Å². The Balaban J connectivity index is 2.70. The van der Waals surface area contributed by atoms with Gasteiger partial charge in [-0.1, -0.05) is 0 Å². The molecule has 0 aliphatic carbocycles. The molecule has 5 nitrogen and oxygen atoms in total. The lowest BCUT2D eigenvalue weighted by Gasteiger charge is -2.07. The Morgan fingerprint density at radius 1 is 1.47 bits per heavy atom. The predicted octanol–water partition coefficient (Wildman–Crippen LogP) is 0.986. The fraction of sp³-hybridized carbons (Fsp3) is 0.0909. The largest absolute Gasteiger partial charge is 0.496 e. The van der Waals surface area contributed by atoms with Crippen molar-refractivity contribution in [1.29, 1.82) is 0 Å². The molecule has 0 unspecified atom stereocenters. The summed E-state index contributed by atoms with van der Waals surface area (Å²) in [6, 6.07) is 5.44. The van der Waals surface area contributed by atoms with E-state index in [1.807, 2.05) is 5.43 Å². The molecule has 0 saturated heterocycles. The lowest BCUT2D eigenvalue weighted by atomic mass is 10.1. The molecule has 0 aliphatic rings. The van der Waals surface area contributed by atoms with Crippen molar-refractivity contribution in [2.24, 2.45) is 5.84 Å². The standard InChI is InChI=1S/C11H10FN3O2/c1-17-10-5-9(11(16)15-13)14-8-3-2-6(12)4-7(8)10/h2-5H,13H2,1H3,(H,15,16). The van der Waals surface area contributed by atoms with Gasteiger partial charge >= 0.3 is 0 Å². The van der Waals surface area contributed by atoms with Gasteiger partial charge in [0.15, 0.2) is 0 Å². The molecule has 2 rings (SSSR count). The molecule has 88 valence electrons. The second-order valence-corrected chi connectivity index (χ2v) is 3.34.